The highest BCUT2D eigenvalue weighted by Gasteiger charge is 2.27. The summed E-state index contributed by atoms with van der Waals surface area (Å²) in [6.07, 6.45) is 1.86. The summed E-state index contributed by atoms with van der Waals surface area (Å²) in [5.74, 6) is 1.57. The van der Waals surface area contributed by atoms with E-state index >= 15 is 0 Å². The molecular weight excluding hydrogens is 538 g/mol. The van der Waals surface area contributed by atoms with E-state index in [1.54, 1.807) is 30.2 Å². The molecule has 0 aliphatic carbocycles. The third-order valence-electron chi connectivity index (χ3n) is 6.03. The zero-order valence-corrected chi connectivity index (χ0v) is 23.6. The molecule has 13 heteroatoms. The number of nitrogens with one attached hydrogen (secondary N) is 3. The van der Waals surface area contributed by atoms with Gasteiger partial charge in [-0.05, 0) is 67.9 Å². The second-order valence-electron chi connectivity index (χ2n) is 9.45. The van der Waals surface area contributed by atoms with Crippen molar-refractivity contribution in [3.8, 4) is 5.75 Å². The normalized spacial score (nSPS) is 13.0. The smallest absolute Gasteiger partial charge is 0.241 e. The molecule has 0 bridgehead atoms. The molecule has 11 nitrogen and oxygen atoms in total. The van der Waals surface area contributed by atoms with Gasteiger partial charge in [0.25, 0.3) is 0 Å². The first-order valence-corrected chi connectivity index (χ1v) is 14.9. The van der Waals surface area contributed by atoms with E-state index in [9.17, 15) is 13.2 Å². The van der Waals surface area contributed by atoms with E-state index in [2.05, 4.69) is 20.3 Å². The van der Waals surface area contributed by atoms with Gasteiger partial charge in [-0.1, -0.05) is 6.07 Å². The first-order chi connectivity index (χ1) is 18.6. The maximum atomic E-state index is 12.8. The van der Waals surface area contributed by atoms with Gasteiger partial charge in [0.2, 0.25) is 21.9 Å². The Labute approximate surface area is 230 Å². The van der Waals surface area contributed by atoms with Gasteiger partial charge < -0.3 is 25.2 Å². The predicted molar refractivity (Wildman–Crippen MR) is 156 cm³/mol. The maximum Gasteiger partial charge on any atom is 0.241 e. The molecule has 2 aromatic heterocycles. The zero-order chi connectivity index (χ0) is 27.7. The molecule has 0 spiro atoms. The third-order valence-corrected chi connectivity index (χ3v) is 7.54. The van der Waals surface area contributed by atoms with Gasteiger partial charge in [-0.2, -0.15) is 4.98 Å². The number of anilines is 6. The zero-order valence-electron chi connectivity index (χ0n) is 22.0. The Morgan fingerprint density at radius 1 is 1.13 bits per heavy atom. The van der Waals surface area contributed by atoms with Gasteiger partial charge in [0.1, 0.15) is 5.75 Å². The number of fused-ring (bicyclic) bond motifs is 2. The van der Waals surface area contributed by atoms with Crippen LogP contribution in [0.2, 0.25) is 0 Å². The molecule has 0 atom stereocenters. The molecule has 1 amide bonds. The number of amides is 1. The largest absolute Gasteiger partial charge is 0.495 e. The van der Waals surface area contributed by atoms with Crippen LogP contribution in [0.4, 0.5) is 34.5 Å². The highest BCUT2D eigenvalue weighted by molar-refractivity contribution is 7.92. The van der Waals surface area contributed by atoms with Crippen molar-refractivity contribution in [3.05, 3.63) is 53.4 Å². The van der Waals surface area contributed by atoms with Crippen molar-refractivity contribution in [2.45, 2.75) is 6.42 Å². The average Bonchev–Trinajstić information content (AvgIpc) is 3.49. The number of ether oxygens (including phenoxy) is 1. The van der Waals surface area contributed by atoms with E-state index in [1.807, 2.05) is 48.6 Å². The number of likely N-dealkylation sites (N-methyl/N-ethyl adjacent to an activating group) is 1. The van der Waals surface area contributed by atoms with Gasteiger partial charge in [-0.3, -0.25) is 9.52 Å². The van der Waals surface area contributed by atoms with E-state index < -0.39 is 10.0 Å². The molecular formula is C26H29N7O4S2. The Morgan fingerprint density at radius 3 is 2.67 bits per heavy atom. The average molecular weight is 568 g/mol. The van der Waals surface area contributed by atoms with Gasteiger partial charge in [-0.15, -0.1) is 11.3 Å². The first kappa shape index (κ1) is 26.7. The van der Waals surface area contributed by atoms with Crippen molar-refractivity contribution in [2.75, 3.05) is 60.8 Å². The molecule has 3 N–H and O–H groups in total. The number of hydrogen-bond donors (Lipinski definition) is 3. The molecule has 0 radical (unpaired) electrons. The van der Waals surface area contributed by atoms with Crippen molar-refractivity contribution >= 4 is 72.0 Å². The van der Waals surface area contributed by atoms with Crippen molar-refractivity contribution in [2.24, 2.45) is 0 Å². The molecule has 39 heavy (non-hydrogen) atoms. The van der Waals surface area contributed by atoms with Gasteiger partial charge in [0.05, 0.1) is 41.5 Å². The van der Waals surface area contributed by atoms with Crippen LogP contribution in [-0.4, -0.2) is 69.7 Å². The molecule has 204 valence electrons. The SMILES string of the molecule is COc1cc2c(cc1Nc1nc(Nc3cccc(NS(C)(=O)=O)c3)c3sccc3n1)N(C(=O)CN(C)C)CC2. The molecule has 2 aromatic carbocycles. The quantitative estimate of drug-likeness (QED) is 0.275. The Kier molecular flexibility index (Phi) is 7.30. The lowest BCUT2D eigenvalue weighted by Crippen LogP contribution is -2.36. The monoisotopic (exact) mass is 567 g/mol. The Bertz CT molecular complexity index is 1650. The Morgan fingerprint density at radius 2 is 1.92 bits per heavy atom. The number of nitrogens with zero attached hydrogens (tertiary/aromatic N) is 4. The van der Waals surface area contributed by atoms with Crippen LogP contribution in [0.25, 0.3) is 10.2 Å². The number of benzene rings is 2. The maximum absolute atomic E-state index is 12.8. The number of carbonyl (C=O) groups is 1. The molecule has 0 saturated heterocycles. The van der Waals surface area contributed by atoms with Crippen molar-refractivity contribution in [1.82, 2.24) is 14.9 Å². The summed E-state index contributed by atoms with van der Waals surface area (Å²) >= 11 is 1.49. The van der Waals surface area contributed by atoms with Crippen LogP contribution in [0.1, 0.15) is 5.56 Å². The van der Waals surface area contributed by atoms with Crippen molar-refractivity contribution in [3.63, 3.8) is 0 Å². The molecule has 5 rings (SSSR count). The van der Waals surface area contributed by atoms with E-state index in [-0.39, 0.29) is 5.91 Å². The van der Waals surface area contributed by atoms with E-state index in [1.165, 1.54) is 11.3 Å². The van der Waals surface area contributed by atoms with Gasteiger partial charge in [-0.25, -0.2) is 13.4 Å². The van der Waals surface area contributed by atoms with Crippen LogP contribution in [0, 0.1) is 0 Å². The van der Waals surface area contributed by atoms with Crippen LogP contribution in [-0.2, 0) is 21.2 Å². The first-order valence-electron chi connectivity index (χ1n) is 12.1. The topological polar surface area (TPSA) is 129 Å². The number of aromatic nitrogens is 2. The highest BCUT2D eigenvalue weighted by Crippen LogP contribution is 2.39. The van der Waals surface area contributed by atoms with Crippen LogP contribution in [0.3, 0.4) is 0 Å². The molecule has 4 aromatic rings. The molecule has 3 heterocycles. The summed E-state index contributed by atoms with van der Waals surface area (Å²) in [7, 11) is 1.94. The number of carbonyl (C=O) groups excluding carboxylic acids is 1. The van der Waals surface area contributed by atoms with Crippen molar-refractivity contribution in [1.29, 1.82) is 0 Å². The minimum atomic E-state index is -3.41. The summed E-state index contributed by atoms with van der Waals surface area (Å²) in [5.41, 5.74) is 4.37. The van der Waals surface area contributed by atoms with Gasteiger partial charge in [0, 0.05) is 17.9 Å². The molecule has 0 unspecified atom stereocenters. The summed E-state index contributed by atoms with van der Waals surface area (Å²) < 4.78 is 32.3. The lowest BCUT2D eigenvalue weighted by atomic mass is 10.1. The van der Waals surface area contributed by atoms with E-state index in [0.29, 0.717) is 47.7 Å². The summed E-state index contributed by atoms with van der Waals surface area (Å²) in [6, 6.07) is 12.7. The fourth-order valence-corrected chi connectivity index (χ4v) is 5.76. The number of thiophene rings is 1. The standard InChI is InChI=1S/C26H29N7O4S2/c1-32(2)15-23(34)33-10-8-16-12-22(37-3)20(14-21(16)33)29-26-28-19-9-11-38-24(19)25(30-26)27-17-6-5-7-18(13-17)31-39(4,35)36/h5-7,9,11-14,31H,8,10,15H2,1-4H3,(H2,27,28,29,30). The Balaban J connectivity index is 1.47. The van der Waals surface area contributed by atoms with Crippen LogP contribution in [0.5, 0.6) is 5.75 Å². The lowest BCUT2D eigenvalue weighted by Gasteiger charge is -2.21. The predicted octanol–water partition coefficient (Wildman–Crippen LogP) is 4.01. The van der Waals surface area contributed by atoms with E-state index in [0.717, 1.165) is 34.1 Å². The molecule has 0 saturated carbocycles. The minimum Gasteiger partial charge on any atom is -0.495 e. The highest BCUT2D eigenvalue weighted by atomic mass is 32.2. The number of hydrogen-bond acceptors (Lipinski definition) is 10. The molecule has 1 aliphatic heterocycles. The summed E-state index contributed by atoms with van der Waals surface area (Å²) in [6.45, 7) is 0.940. The lowest BCUT2D eigenvalue weighted by molar-refractivity contribution is -0.119. The number of sulfonamides is 1. The third kappa shape index (κ3) is 6.05. The van der Waals surface area contributed by atoms with Crippen LogP contribution >= 0.6 is 11.3 Å². The fraction of sp³-hybridized carbons (Fsp3) is 0.269. The fourth-order valence-electron chi connectivity index (χ4n) is 4.43. The second kappa shape index (κ2) is 10.7. The second-order valence-corrected chi connectivity index (χ2v) is 12.1. The Hall–Kier alpha value is -3.94. The summed E-state index contributed by atoms with van der Waals surface area (Å²) in [5, 5.41) is 8.50. The minimum absolute atomic E-state index is 0.0323. The van der Waals surface area contributed by atoms with Gasteiger partial charge >= 0.3 is 0 Å². The molecule has 1 aliphatic rings. The van der Waals surface area contributed by atoms with Crippen LogP contribution in [0.15, 0.2) is 47.8 Å². The van der Waals surface area contributed by atoms with Crippen LogP contribution < -0.4 is 25.0 Å². The van der Waals surface area contributed by atoms with Gasteiger partial charge in [0.15, 0.2) is 5.82 Å². The van der Waals surface area contributed by atoms with Crippen molar-refractivity contribution < 1.29 is 17.9 Å². The number of rotatable bonds is 9. The summed E-state index contributed by atoms with van der Waals surface area (Å²) in [4.78, 5) is 25.9. The number of methoxy groups -OCH3 is 1. The van der Waals surface area contributed by atoms with E-state index in [4.69, 9.17) is 9.72 Å². The molecule has 0 fully saturated rings.